The number of Topliss-reactive ketones (excluding diaryl/α,β-unsaturated/α-hetero) is 1. The lowest BCUT2D eigenvalue weighted by molar-refractivity contribution is 0.0872. The first kappa shape index (κ1) is 12.0. The maximum absolute atomic E-state index is 12.3. The van der Waals surface area contributed by atoms with Crippen molar-refractivity contribution < 1.29 is 9.53 Å². The van der Waals surface area contributed by atoms with Gasteiger partial charge in [0.1, 0.15) is 0 Å². The van der Waals surface area contributed by atoms with Gasteiger partial charge in [0.25, 0.3) is 0 Å². The number of nitrogens with two attached hydrogens (primary N) is 1. The minimum absolute atomic E-state index is 0.00472. The van der Waals surface area contributed by atoms with Gasteiger partial charge in [-0.15, -0.1) is 0 Å². The SMILES string of the molecule is COc1nccnc1C(=O)C1CCCC(N)C1. The second kappa shape index (κ2) is 5.23. The molecule has 1 fully saturated rings. The minimum Gasteiger partial charge on any atom is -0.479 e. The lowest BCUT2D eigenvalue weighted by Gasteiger charge is -2.25. The molecule has 0 spiro atoms. The molecule has 17 heavy (non-hydrogen) atoms. The number of hydrogen-bond donors (Lipinski definition) is 1. The number of ether oxygens (including phenoxy) is 1. The lowest BCUT2D eigenvalue weighted by atomic mass is 9.82. The topological polar surface area (TPSA) is 78.1 Å². The van der Waals surface area contributed by atoms with E-state index in [1.807, 2.05) is 0 Å². The van der Waals surface area contributed by atoms with Crippen molar-refractivity contribution in [3.05, 3.63) is 18.1 Å². The van der Waals surface area contributed by atoms with Gasteiger partial charge in [0, 0.05) is 24.4 Å². The molecule has 92 valence electrons. The third kappa shape index (κ3) is 2.61. The molecule has 0 amide bonds. The van der Waals surface area contributed by atoms with E-state index in [9.17, 15) is 4.79 Å². The molecule has 2 N–H and O–H groups in total. The van der Waals surface area contributed by atoms with Crippen LogP contribution in [0.5, 0.6) is 5.88 Å². The average molecular weight is 235 g/mol. The summed E-state index contributed by atoms with van der Waals surface area (Å²) in [6.07, 6.45) is 6.65. The molecule has 1 aliphatic carbocycles. The van der Waals surface area contributed by atoms with Crippen LogP contribution in [-0.4, -0.2) is 28.9 Å². The molecule has 1 saturated carbocycles. The summed E-state index contributed by atoms with van der Waals surface area (Å²) in [6, 6.07) is 0.125. The summed E-state index contributed by atoms with van der Waals surface area (Å²) < 4.78 is 5.06. The van der Waals surface area contributed by atoms with Gasteiger partial charge < -0.3 is 10.5 Å². The predicted octanol–water partition coefficient (Wildman–Crippen LogP) is 1.19. The average Bonchev–Trinajstić information content (AvgIpc) is 2.38. The van der Waals surface area contributed by atoms with Crippen LogP contribution in [-0.2, 0) is 0 Å². The second-order valence-corrected chi connectivity index (χ2v) is 4.40. The first-order valence-corrected chi connectivity index (χ1v) is 5.87. The molecule has 0 radical (unpaired) electrons. The number of rotatable bonds is 3. The molecule has 2 atom stereocenters. The van der Waals surface area contributed by atoms with Crippen LogP contribution in [0.4, 0.5) is 0 Å². The van der Waals surface area contributed by atoms with E-state index < -0.39 is 0 Å². The summed E-state index contributed by atoms with van der Waals surface area (Å²) >= 11 is 0. The fourth-order valence-electron chi connectivity index (χ4n) is 2.30. The largest absolute Gasteiger partial charge is 0.479 e. The molecule has 2 rings (SSSR count). The predicted molar refractivity (Wildman–Crippen MR) is 62.8 cm³/mol. The van der Waals surface area contributed by atoms with Crippen molar-refractivity contribution in [2.45, 2.75) is 31.7 Å². The zero-order valence-electron chi connectivity index (χ0n) is 9.93. The fraction of sp³-hybridized carbons (Fsp3) is 0.583. The quantitative estimate of drug-likeness (QED) is 0.796. The number of nitrogens with zero attached hydrogens (tertiary/aromatic N) is 2. The van der Waals surface area contributed by atoms with Gasteiger partial charge in [-0.3, -0.25) is 4.79 Å². The van der Waals surface area contributed by atoms with Gasteiger partial charge in [-0.2, -0.15) is 0 Å². The third-order valence-electron chi connectivity index (χ3n) is 3.18. The van der Waals surface area contributed by atoms with Crippen LogP contribution in [0.1, 0.15) is 36.2 Å². The Morgan fingerprint density at radius 3 is 2.88 bits per heavy atom. The van der Waals surface area contributed by atoms with Crippen LogP contribution < -0.4 is 10.5 Å². The Balaban J connectivity index is 2.18. The molecule has 2 unspecified atom stereocenters. The van der Waals surface area contributed by atoms with Crippen molar-refractivity contribution in [1.82, 2.24) is 9.97 Å². The van der Waals surface area contributed by atoms with Crippen LogP contribution in [0.3, 0.4) is 0 Å². The van der Waals surface area contributed by atoms with Crippen molar-refractivity contribution in [2.24, 2.45) is 11.7 Å². The van der Waals surface area contributed by atoms with Crippen molar-refractivity contribution in [2.75, 3.05) is 7.11 Å². The van der Waals surface area contributed by atoms with E-state index in [0.29, 0.717) is 11.6 Å². The Morgan fingerprint density at radius 1 is 1.41 bits per heavy atom. The van der Waals surface area contributed by atoms with Crippen LogP contribution >= 0.6 is 0 Å². The van der Waals surface area contributed by atoms with Gasteiger partial charge in [-0.25, -0.2) is 9.97 Å². The Kier molecular flexibility index (Phi) is 3.68. The summed E-state index contributed by atoms with van der Waals surface area (Å²) in [7, 11) is 1.49. The maximum atomic E-state index is 12.3. The van der Waals surface area contributed by atoms with Gasteiger partial charge in [-0.05, 0) is 19.3 Å². The Hall–Kier alpha value is -1.49. The highest BCUT2D eigenvalue weighted by molar-refractivity contribution is 5.98. The molecule has 1 aromatic rings. The summed E-state index contributed by atoms with van der Waals surface area (Å²) in [5, 5.41) is 0. The third-order valence-corrected chi connectivity index (χ3v) is 3.18. The van der Waals surface area contributed by atoms with Gasteiger partial charge in [0.05, 0.1) is 7.11 Å². The van der Waals surface area contributed by atoms with E-state index in [1.54, 1.807) is 0 Å². The highest BCUT2D eigenvalue weighted by Crippen LogP contribution is 2.27. The number of carbonyl (C=O) groups excluding carboxylic acids is 1. The minimum atomic E-state index is -0.0376. The maximum Gasteiger partial charge on any atom is 0.243 e. The number of hydrogen-bond acceptors (Lipinski definition) is 5. The molecule has 0 aliphatic heterocycles. The van der Waals surface area contributed by atoms with Crippen molar-refractivity contribution in [1.29, 1.82) is 0 Å². The van der Waals surface area contributed by atoms with E-state index in [-0.39, 0.29) is 17.7 Å². The second-order valence-electron chi connectivity index (χ2n) is 4.40. The lowest BCUT2D eigenvalue weighted by Crippen LogP contribution is -2.32. The monoisotopic (exact) mass is 235 g/mol. The summed E-state index contributed by atoms with van der Waals surface area (Å²) in [4.78, 5) is 20.4. The van der Waals surface area contributed by atoms with E-state index >= 15 is 0 Å². The first-order valence-electron chi connectivity index (χ1n) is 5.87. The molecule has 5 nitrogen and oxygen atoms in total. The van der Waals surface area contributed by atoms with Crippen molar-refractivity contribution >= 4 is 5.78 Å². The molecular weight excluding hydrogens is 218 g/mol. The fourth-order valence-corrected chi connectivity index (χ4v) is 2.30. The molecule has 1 aliphatic rings. The van der Waals surface area contributed by atoms with E-state index in [2.05, 4.69) is 9.97 Å². The molecule has 0 bridgehead atoms. The number of aromatic nitrogens is 2. The van der Waals surface area contributed by atoms with Gasteiger partial charge in [-0.1, -0.05) is 6.42 Å². The summed E-state index contributed by atoms with van der Waals surface area (Å²) in [5.74, 6) is 0.270. The number of ketones is 1. The van der Waals surface area contributed by atoms with E-state index in [4.69, 9.17) is 10.5 Å². The number of methoxy groups -OCH3 is 1. The molecule has 1 heterocycles. The van der Waals surface area contributed by atoms with Crippen LogP contribution in [0.15, 0.2) is 12.4 Å². The Labute approximate surface area is 100 Å². The zero-order chi connectivity index (χ0) is 12.3. The van der Waals surface area contributed by atoms with Gasteiger partial charge >= 0.3 is 0 Å². The summed E-state index contributed by atoms with van der Waals surface area (Å²) in [6.45, 7) is 0. The van der Waals surface area contributed by atoms with E-state index in [1.165, 1.54) is 19.5 Å². The molecular formula is C12H17N3O2. The van der Waals surface area contributed by atoms with Crippen molar-refractivity contribution in [3.8, 4) is 5.88 Å². The Morgan fingerprint density at radius 2 is 2.18 bits per heavy atom. The van der Waals surface area contributed by atoms with Gasteiger partial charge in [0.2, 0.25) is 5.88 Å². The zero-order valence-corrected chi connectivity index (χ0v) is 9.93. The molecule has 5 heteroatoms. The number of carbonyl (C=O) groups is 1. The summed E-state index contributed by atoms with van der Waals surface area (Å²) in [5.41, 5.74) is 6.22. The van der Waals surface area contributed by atoms with Crippen LogP contribution in [0.25, 0.3) is 0 Å². The Bertz CT molecular complexity index is 408. The standard InChI is InChI=1S/C12H17N3O2/c1-17-12-10(14-5-6-15-12)11(16)8-3-2-4-9(13)7-8/h5-6,8-9H,2-4,7,13H2,1H3. The highest BCUT2D eigenvalue weighted by Gasteiger charge is 2.29. The highest BCUT2D eigenvalue weighted by atomic mass is 16.5. The normalized spacial score (nSPS) is 24.4. The molecule has 1 aromatic heterocycles. The van der Waals surface area contributed by atoms with E-state index in [0.717, 1.165) is 25.7 Å². The van der Waals surface area contributed by atoms with Crippen LogP contribution in [0.2, 0.25) is 0 Å². The van der Waals surface area contributed by atoms with Crippen LogP contribution in [0, 0.1) is 5.92 Å². The molecule has 0 aromatic carbocycles. The first-order chi connectivity index (χ1) is 8.22. The van der Waals surface area contributed by atoms with Gasteiger partial charge in [0.15, 0.2) is 11.5 Å². The smallest absolute Gasteiger partial charge is 0.243 e. The van der Waals surface area contributed by atoms with Crippen molar-refractivity contribution in [3.63, 3.8) is 0 Å². The molecule has 0 saturated heterocycles.